The van der Waals surface area contributed by atoms with Crippen molar-refractivity contribution < 1.29 is 35.0 Å². The lowest BCUT2D eigenvalue weighted by Gasteiger charge is -2.39. The van der Waals surface area contributed by atoms with Crippen LogP contribution in [0, 0.1) is 0 Å². The first kappa shape index (κ1) is 11.2. The molecule has 0 aromatic carbocycles. The Hall–Kier alpha value is -0.280. The monoisotopic (exact) mass is 222 g/mol. The number of aliphatic hydroxyl groups is 5. The number of rotatable bonds is 2. The van der Waals surface area contributed by atoms with Crippen LogP contribution in [0.4, 0.5) is 0 Å². The second kappa shape index (κ2) is 3.63. The molecule has 2 aliphatic rings. The second-order valence-electron chi connectivity index (χ2n) is 3.82. The highest BCUT2D eigenvalue weighted by Crippen LogP contribution is 2.40. The van der Waals surface area contributed by atoms with Crippen LogP contribution >= 0.6 is 0 Å². The molecular weight excluding hydrogens is 208 g/mol. The predicted octanol–water partition coefficient (Wildman–Crippen LogP) is -3.45. The van der Waals surface area contributed by atoms with Crippen LogP contribution in [0.5, 0.6) is 0 Å². The summed E-state index contributed by atoms with van der Waals surface area (Å²) >= 11 is 0. The maximum absolute atomic E-state index is 9.60. The van der Waals surface area contributed by atoms with Crippen molar-refractivity contribution in [3.8, 4) is 0 Å². The topological polar surface area (TPSA) is 120 Å². The van der Waals surface area contributed by atoms with E-state index in [-0.39, 0.29) is 0 Å². The molecule has 0 unspecified atom stereocenters. The Morgan fingerprint density at radius 1 is 1.00 bits per heavy atom. The van der Waals surface area contributed by atoms with Gasteiger partial charge in [-0.2, -0.15) is 0 Å². The lowest BCUT2D eigenvalue weighted by Crippen LogP contribution is -2.62. The number of ether oxygens (including phenoxy) is 2. The summed E-state index contributed by atoms with van der Waals surface area (Å²) in [7, 11) is 0. The zero-order valence-corrected chi connectivity index (χ0v) is 7.85. The van der Waals surface area contributed by atoms with Gasteiger partial charge in [-0.15, -0.1) is 0 Å². The van der Waals surface area contributed by atoms with Crippen molar-refractivity contribution in [3.05, 3.63) is 0 Å². The summed E-state index contributed by atoms with van der Waals surface area (Å²) < 4.78 is 10.3. The van der Waals surface area contributed by atoms with Gasteiger partial charge in [-0.1, -0.05) is 0 Å². The van der Waals surface area contributed by atoms with Crippen LogP contribution in [-0.4, -0.2) is 75.1 Å². The Labute approximate surface area is 85.5 Å². The molecule has 2 rings (SSSR count). The van der Waals surface area contributed by atoms with E-state index in [1.807, 2.05) is 0 Å². The Morgan fingerprint density at radius 2 is 1.67 bits per heavy atom. The third-order valence-corrected chi connectivity index (χ3v) is 2.91. The molecule has 2 aliphatic heterocycles. The van der Waals surface area contributed by atoms with Gasteiger partial charge in [0.15, 0.2) is 0 Å². The van der Waals surface area contributed by atoms with Crippen molar-refractivity contribution >= 4 is 0 Å². The molecule has 7 heteroatoms. The number of fused-ring (bicyclic) bond motifs is 2. The van der Waals surface area contributed by atoms with Gasteiger partial charge < -0.3 is 35.0 Å². The van der Waals surface area contributed by atoms with Gasteiger partial charge in [0.1, 0.15) is 37.1 Å². The summed E-state index contributed by atoms with van der Waals surface area (Å²) in [5.41, 5.74) is 0. The standard InChI is InChI=1S/C8H14O7/c9-1-3-6-4(11)5(12)7(13)8(2-10,14-3)15-6/h3-7,9-13H,1-2H2/t3-,4-,5-,6+,7-,8+/m0/s1. The highest BCUT2D eigenvalue weighted by atomic mass is 16.8. The number of aliphatic hydroxyl groups excluding tert-OH is 5. The molecule has 88 valence electrons. The highest BCUT2D eigenvalue weighted by Gasteiger charge is 2.62. The fourth-order valence-electron chi connectivity index (χ4n) is 2.04. The summed E-state index contributed by atoms with van der Waals surface area (Å²) in [6.45, 7) is -1.09. The van der Waals surface area contributed by atoms with Crippen molar-refractivity contribution in [3.63, 3.8) is 0 Å². The van der Waals surface area contributed by atoms with E-state index >= 15 is 0 Å². The molecular formula is C8H14O7. The van der Waals surface area contributed by atoms with Gasteiger partial charge in [0.05, 0.1) is 6.61 Å². The normalized spacial score (nSPS) is 54.6. The average molecular weight is 222 g/mol. The van der Waals surface area contributed by atoms with E-state index in [0.717, 1.165) is 0 Å². The molecule has 5 N–H and O–H groups in total. The SMILES string of the molecule is OC[C@@H]1O[C@]2(CO)O[C@H]1[C@@H](O)[C@H](O)[C@@H]2O. The summed E-state index contributed by atoms with van der Waals surface area (Å²) in [5.74, 6) is -1.74. The van der Waals surface area contributed by atoms with Crippen LogP contribution in [0.25, 0.3) is 0 Å². The quantitative estimate of drug-likeness (QED) is 0.329. The van der Waals surface area contributed by atoms with Crippen molar-refractivity contribution in [1.82, 2.24) is 0 Å². The fraction of sp³-hybridized carbons (Fsp3) is 1.00. The van der Waals surface area contributed by atoms with Gasteiger partial charge in [-0.05, 0) is 0 Å². The van der Waals surface area contributed by atoms with Gasteiger partial charge in [0.25, 0.3) is 0 Å². The highest BCUT2D eigenvalue weighted by molar-refractivity contribution is 5.04. The molecule has 6 atom stereocenters. The first-order valence-corrected chi connectivity index (χ1v) is 4.67. The average Bonchev–Trinajstić information content (AvgIpc) is 2.62. The van der Waals surface area contributed by atoms with E-state index in [2.05, 4.69) is 0 Å². The molecule has 2 fully saturated rings. The van der Waals surface area contributed by atoms with Crippen LogP contribution in [0.15, 0.2) is 0 Å². The van der Waals surface area contributed by atoms with Crippen molar-refractivity contribution in [1.29, 1.82) is 0 Å². The smallest absolute Gasteiger partial charge is 0.222 e. The fourth-order valence-corrected chi connectivity index (χ4v) is 2.04. The van der Waals surface area contributed by atoms with Crippen LogP contribution in [0.2, 0.25) is 0 Å². The van der Waals surface area contributed by atoms with E-state index in [1.54, 1.807) is 0 Å². The molecule has 0 saturated carbocycles. The molecule has 0 radical (unpaired) electrons. The molecule has 2 saturated heterocycles. The Bertz CT molecular complexity index is 241. The molecule has 0 amide bonds. The van der Waals surface area contributed by atoms with Gasteiger partial charge in [0, 0.05) is 0 Å². The van der Waals surface area contributed by atoms with E-state index in [0.29, 0.717) is 0 Å². The van der Waals surface area contributed by atoms with Crippen LogP contribution in [-0.2, 0) is 9.47 Å². The minimum Gasteiger partial charge on any atom is -0.394 e. The van der Waals surface area contributed by atoms with Crippen molar-refractivity contribution in [2.45, 2.75) is 36.3 Å². The van der Waals surface area contributed by atoms with Crippen LogP contribution in [0.3, 0.4) is 0 Å². The third-order valence-electron chi connectivity index (χ3n) is 2.91. The lowest BCUT2D eigenvalue weighted by molar-refractivity contribution is -0.306. The molecule has 0 aromatic rings. The molecule has 0 aromatic heterocycles. The van der Waals surface area contributed by atoms with Gasteiger partial charge in [-0.25, -0.2) is 0 Å². The molecule has 0 aliphatic carbocycles. The summed E-state index contributed by atoms with van der Waals surface area (Å²) in [5, 5.41) is 46.6. The Balaban J connectivity index is 2.29. The van der Waals surface area contributed by atoms with Crippen molar-refractivity contribution in [2.24, 2.45) is 0 Å². The third kappa shape index (κ3) is 1.40. The van der Waals surface area contributed by atoms with E-state index < -0.39 is 49.5 Å². The number of hydrogen-bond acceptors (Lipinski definition) is 7. The molecule has 2 heterocycles. The largest absolute Gasteiger partial charge is 0.394 e. The van der Waals surface area contributed by atoms with Gasteiger partial charge >= 0.3 is 0 Å². The lowest BCUT2D eigenvalue weighted by atomic mass is 9.93. The zero-order valence-electron chi connectivity index (χ0n) is 7.85. The second-order valence-corrected chi connectivity index (χ2v) is 3.82. The van der Waals surface area contributed by atoms with Gasteiger partial charge in [0.2, 0.25) is 5.79 Å². The first-order chi connectivity index (χ1) is 7.05. The minimum atomic E-state index is -1.74. The van der Waals surface area contributed by atoms with Crippen molar-refractivity contribution in [2.75, 3.05) is 13.2 Å². The molecule has 0 spiro atoms. The summed E-state index contributed by atoms with van der Waals surface area (Å²) in [6, 6.07) is 0. The number of hydrogen-bond donors (Lipinski definition) is 5. The Morgan fingerprint density at radius 3 is 2.20 bits per heavy atom. The molecule has 7 nitrogen and oxygen atoms in total. The summed E-state index contributed by atoms with van der Waals surface area (Å²) in [4.78, 5) is 0. The predicted molar refractivity (Wildman–Crippen MR) is 44.7 cm³/mol. The first-order valence-electron chi connectivity index (χ1n) is 4.67. The van der Waals surface area contributed by atoms with Gasteiger partial charge in [-0.3, -0.25) is 0 Å². The maximum atomic E-state index is 9.60. The van der Waals surface area contributed by atoms with E-state index in [4.69, 9.17) is 19.7 Å². The zero-order chi connectivity index (χ0) is 11.2. The van der Waals surface area contributed by atoms with Crippen LogP contribution < -0.4 is 0 Å². The Kier molecular flexibility index (Phi) is 2.72. The minimum absolute atomic E-state index is 0.428. The maximum Gasteiger partial charge on any atom is 0.222 e. The van der Waals surface area contributed by atoms with E-state index in [9.17, 15) is 15.3 Å². The van der Waals surface area contributed by atoms with E-state index in [1.165, 1.54) is 0 Å². The molecule has 15 heavy (non-hydrogen) atoms. The summed E-state index contributed by atoms with van der Waals surface area (Å²) in [6.07, 6.45) is -6.17. The molecule has 2 bridgehead atoms. The van der Waals surface area contributed by atoms with Crippen LogP contribution in [0.1, 0.15) is 0 Å².